The van der Waals surface area contributed by atoms with E-state index in [2.05, 4.69) is 24.1 Å². The number of nitrogens with zero attached hydrogens (tertiary/aromatic N) is 1. The molecule has 0 bridgehead atoms. The van der Waals surface area contributed by atoms with E-state index in [4.69, 9.17) is 4.74 Å². The first-order valence-electron chi connectivity index (χ1n) is 7.80. The Kier molecular flexibility index (Phi) is 5.93. The molecule has 1 aliphatic carbocycles. The summed E-state index contributed by atoms with van der Waals surface area (Å²) in [4.78, 5) is 2.66. The minimum atomic E-state index is 0.369. The molecule has 0 aromatic rings. The summed E-state index contributed by atoms with van der Waals surface area (Å²) in [6, 6.07) is 0. The summed E-state index contributed by atoms with van der Waals surface area (Å²) in [6.07, 6.45) is 5.96. The standard InChI is InChI=1S/C15H30N2O/c1-13(2)18-10-4-7-16-8-9-17-11-14-5-3-6-15(14)12-17/h13-16H,3-12H2,1-2H3. The molecule has 0 aromatic heterocycles. The van der Waals surface area contributed by atoms with Crippen molar-refractivity contribution in [2.24, 2.45) is 11.8 Å². The third-order valence-electron chi connectivity index (χ3n) is 4.36. The second-order valence-electron chi connectivity index (χ2n) is 6.23. The maximum Gasteiger partial charge on any atom is 0.0518 e. The van der Waals surface area contributed by atoms with E-state index >= 15 is 0 Å². The summed E-state index contributed by atoms with van der Waals surface area (Å²) in [7, 11) is 0. The van der Waals surface area contributed by atoms with Crippen LogP contribution in [0, 0.1) is 11.8 Å². The third kappa shape index (κ3) is 4.52. The highest BCUT2D eigenvalue weighted by Gasteiger charge is 2.35. The molecule has 2 rings (SSSR count). The summed E-state index contributed by atoms with van der Waals surface area (Å²) >= 11 is 0. The molecule has 2 atom stereocenters. The molecular weight excluding hydrogens is 224 g/mol. The smallest absolute Gasteiger partial charge is 0.0518 e. The van der Waals surface area contributed by atoms with Crippen molar-refractivity contribution in [1.29, 1.82) is 0 Å². The Balaban J connectivity index is 1.42. The number of hydrogen-bond donors (Lipinski definition) is 1. The van der Waals surface area contributed by atoms with Crippen molar-refractivity contribution in [2.45, 2.75) is 45.6 Å². The van der Waals surface area contributed by atoms with E-state index < -0.39 is 0 Å². The van der Waals surface area contributed by atoms with E-state index in [9.17, 15) is 0 Å². The predicted octanol–water partition coefficient (Wildman–Crippen LogP) is 2.12. The average molecular weight is 254 g/mol. The van der Waals surface area contributed by atoms with Crippen LogP contribution in [0.4, 0.5) is 0 Å². The summed E-state index contributed by atoms with van der Waals surface area (Å²) in [5, 5.41) is 3.53. The van der Waals surface area contributed by atoms with Gasteiger partial charge in [-0.05, 0) is 51.5 Å². The zero-order valence-electron chi connectivity index (χ0n) is 12.2. The van der Waals surface area contributed by atoms with Crippen LogP contribution in [0.25, 0.3) is 0 Å². The van der Waals surface area contributed by atoms with Crippen LogP contribution in [0.3, 0.4) is 0 Å². The number of likely N-dealkylation sites (tertiary alicyclic amines) is 1. The molecule has 2 fully saturated rings. The Morgan fingerprint density at radius 3 is 2.56 bits per heavy atom. The molecule has 1 heterocycles. The average Bonchev–Trinajstić information content (AvgIpc) is 2.87. The fourth-order valence-corrected chi connectivity index (χ4v) is 3.39. The fourth-order valence-electron chi connectivity index (χ4n) is 3.39. The van der Waals surface area contributed by atoms with Gasteiger partial charge in [-0.2, -0.15) is 0 Å². The van der Waals surface area contributed by atoms with E-state index in [0.717, 1.165) is 38.0 Å². The largest absolute Gasteiger partial charge is 0.379 e. The van der Waals surface area contributed by atoms with Crippen molar-refractivity contribution in [2.75, 3.05) is 39.3 Å². The highest BCUT2D eigenvalue weighted by Crippen LogP contribution is 2.37. The van der Waals surface area contributed by atoms with Crippen LogP contribution in [0.2, 0.25) is 0 Å². The van der Waals surface area contributed by atoms with Gasteiger partial charge in [0.1, 0.15) is 0 Å². The molecule has 0 spiro atoms. The van der Waals surface area contributed by atoms with E-state index in [0.29, 0.717) is 6.10 Å². The van der Waals surface area contributed by atoms with Crippen LogP contribution in [-0.4, -0.2) is 50.3 Å². The molecule has 3 nitrogen and oxygen atoms in total. The molecule has 18 heavy (non-hydrogen) atoms. The first-order chi connectivity index (χ1) is 8.75. The molecule has 0 aromatic carbocycles. The van der Waals surface area contributed by atoms with E-state index in [1.807, 2.05) is 0 Å². The lowest BCUT2D eigenvalue weighted by molar-refractivity contribution is 0.0770. The number of rotatable bonds is 8. The molecule has 0 amide bonds. The second-order valence-corrected chi connectivity index (χ2v) is 6.23. The zero-order valence-corrected chi connectivity index (χ0v) is 12.2. The molecule has 3 heteroatoms. The number of fused-ring (bicyclic) bond motifs is 1. The van der Waals surface area contributed by atoms with Gasteiger partial charge in [0.25, 0.3) is 0 Å². The molecule has 1 saturated carbocycles. The van der Waals surface area contributed by atoms with Crippen LogP contribution >= 0.6 is 0 Å². The van der Waals surface area contributed by atoms with E-state index in [1.165, 1.54) is 38.9 Å². The molecule has 0 radical (unpaired) electrons. The SMILES string of the molecule is CC(C)OCCCNCCN1CC2CCCC2C1. The summed E-state index contributed by atoms with van der Waals surface area (Å²) in [5.41, 5.74) is 0. The van der Waals surface area contributed by atoms with Gasteiger partial charge in [-0.3, -0.25) is 0 Å². The molecule has 1 aliphatic heterocycles. The lowest BCUT2D eigenvalue weighted by Gasteiger charge is -2.17. The quantitative estimate of drug-likeness (QED) is 0.672. The van der Waals surface area contributed by atoms with Gasteiger partial charge in [0.15, 0.2) is 0 Å². The van der Waals surface area contributed by atoms with Gasteiger partial charge in [-0.15, -0.1) is 0 Å². The Hall–Kier alpha value is -0.120. The van der Waals surface area contributed by atoms with Crippen molar-refractivity contribution in [3.8, 4) is 0 Å². The van der Waals surface area contributed by atoms with Crippen LogP contribution < -0.4 is 5.32 Å². The van der Waals surface area contributed by atoms with Gasteiger partial charge in [0, 0.05) is 32.8 Å². The molecule has 1 N–H and O–H groups in total. The van der Waals surface area contributed by atoms with Crippen molar-refractivity contribution < 1.29 is 4.74 Å². The van der Waals surface area contributed by atoms with Crippen LogP contribution in [0.15, 0.2) is 0 Å². The lowest BCUT2D eigenvalue weighted by Crippen LogP contribution is -2.31. The Morgan fingerprint density at radius 2 is 1.89 bits per heavy atom. The highest BCUT2D eigenvalue weighted by atomic mass is 16.5. The van der Waals surface area contributed by atoms with Gasteiger partial charge in [0.05, 0.1) is 6.10 Å². The van der Waals surface area contributed by atoms with Gasteiger partial charge in [-0.25, -0.2) is 0 Å². The number of ether oxygens (including phenoxy) is 1. The van der Waals surface area contributed by atoms with Crippen LogP contribution in [0.5, 0.6) is 0 Å². The first-order valence-corrected chi connectivity index (χ1v) is 7.80. The van der Waals surface area contributed by atoms with Crippen LogP contribution in [-0.2, 0) is 4.74 Å². The van der Waals surface area contributed by atoms with E-state index in [-0.39, 0.29) is 0 Å². The van der Waals surface area contributed by atoms with Gasteiger partial charge < -0.3 is 15.0 Å². The summed E-state index contributed by atoms with van der Waals surface area (Å²) < 4.78 is 5.52. The van der Waals surface area contributed by atoms with Gasteiger partial charge >= 0.3 is 0 Å². The van der Waals surface area contributed by atoms with Crippen molar-refractivity contribution in [3.63, 3.8) is 0 Å². The molecule has 2 unspecified atom stereocenters. The van der Waals surface area contributed by atoms with Crippen molar-refractivity contribution in [3.05, 3.63) is 0 Å². The van der Waals surface area contributed by atoms with Crippen LogP contribution in [0.1, 0.15) is 39.5 Å². The highest BCUT2D eigenvalue weighted by molar-refractivity contribution is 4.88. The first kappa shape index (κ1) is 14.3. The Labute approximate surface area is 112 Å². The maximum absolute atomic E-state index is 5.52. The maximum atomic E-state index is 5.52. The van der Waals surface area contributed by atoms with E-state index in [1.54, 1.807) is 0 Å². The number of hydrogen-bond acceptors (Lipinski definition) is 3. The summed E-state index contributed by atoms with van der Waals surface area (Å²) in [6.45, 7) is 11.3. The Morgan fingerprint density at radius 1 is 1.17 bits per heavy atom. The van der Waals surface area contributed by atoms with Gasteiger partial charge in [-0.1, -0.05) is 6.42 Å². The summed E-state index contributed by atoms with van der Waals surface area (Å²) in [5.74, 6) is 2.06. The van der Waals surface area contributed by atoms with Crippen molar-refractivity contribution >= 4 is 0 Å². The van der Waals surface area contributed by atoms with Gasteiger partial charge in [0.2, 0.25) is 0 Å². The second kappa shape index (κ2) is 7.46. The minimum Gasteiger partial charge on any atom is -0.379 e. The lowest BCUT2D eigenvalue weighted by atomic mass is 10.0. The third-order valence-corrected chi connectivity index (χ3v) is 4.36. The normalized spacial score (nSPS) is 28.2. The number of nitrogens with one attached hydrogen (secondary N) is 1. The fraction of sp³-hybridized carbons (Fsp3) is 1.00. The Bertz CT molecular complexity index is 221. The molecule has 2 aliphatic rings. The van der Waals surface area contributed by atoms with Crippen molar-refractivity contribution in [1.82, 2.24) is 10.2 Å². The zero-order chi connectivity index (χ0) is 12.8. The predicted molar refractivity (Wildman–Crippen MR) is 75.8 cm³/mol. The monoisotopic (exact) mass is 254 g/mol. The molecule has 106 valence electrons. The molecular formula is C15H30N2O. The topological polar surface area (TPSA) is 24.5 Å². The molecule has 1 saturated heterocycles. The minimum absolute atomic E-state index is 0.369.